The number of carbonyl (C=O) groups is 1. The van der Waals surface area contributed by atoms with E-state index in [2.05, 4.69) is 34.1 Å². The van der Waals surface area contributed by atoms with Crippen molar-refractivity contribution in [3.8, 4) is 0 Å². The molecule has 0 saturated carbocycles. The van der Waals surface area contributed by atoms with E-state index in [-0.39, 0.29) is 18.1 Å². The lowest BCUT2D eigenvalue weighted by atomic mass is 10.2. The number of hydrogen-bond acceptors (Lipinski definition) is 5. The summed E-state index contributed by atoms with van der Waals surface area (Å²) in [5, 5.41) is 7.09. The van der Waals surface area contributed by atoms with E-state index in [0.717, 1.165) is 24.5 Å². The molecule has 0 aromatic carbocycles. The molecule has 0 bridgehead atoms. The van der Waals surface area contributed by atoms with Gasteiger partial charge in [0, 0.05) is 38.2 Å². The summed E-state index contributed by atoms with van der Waals surface area (Å²) in [4.78, 5) is 18.9. The van der Waals surface area contributed by atoms with Crippen LogP contribution in [-0.2, 0) is 11.8 Å². The molecular formula is C17H23N5O2. The van der Waals surface area contributed by atoms with Crippen LogP contribution in [0.2, 0.25) is 0 Å². The van der Waals surface area contributed by atoms with Gasteiger partial charge in [-0.2, -0.15) is 5.10 Å². The Labute approximate surface area is 141 Å². The van der Waals surface area contributed by atoms with E-state index in [0.29, 0.717) is 11.4 Å². The van der Waals surface area contributed by atoms with Gasteiger partial charge in [-0.1, -0.05) is 0 Å². The van der Waals surface area contributed by atoms with Gasteiger partial charge in [-0.3, -0.25) is 14.5 Å². The Balaban J connectivity index is 1.77. The van der Waals surface area contributed by atoms with Crippen molar-refractivity contribution in [1.82, 2.24) is 14.8 Å². The van der Waals surface area contributed by atoms with E-state index in [1.807, 2.05) is 26.1 Å². The summed E-state index contributed by atoms with van der Waals surface area (Å²) < 4.78 is 7.44. The summed E-state index contributed by atoms with van der Waals surface area (Å²) in [6, 6.07) is 3.75. The standard InChI is InChI=1S/C17H23N5O2/c1-11-8-22(9-12(2)24-11)14-5-6-18-15(7-14)17(23)19-16-10-21(4)20-13(16)3/h5-7,10-12H,8-9H2,1-4H3,(H,19,23). The van der Waals surface area contributed by atoms with Crippen LogP contribution < -0.4 is 10.2 Å². The quantitative estimate of drug-likeness (QED) is 0.932. The molecule has 1 aliphatic rings. The van der Waals surface area contributed by atoms with Crippen LogP contribution in [0.25, 0.3) is 0 Å². The number of rotatable bonds is 3. The number of ether oxygens (including phenoxy) is 1. The topological polar surface area (TPSA) is 72.3 Å². The number of morpholine rings is 1. The number of amides is 1. The van der Waals surface area contributed by atoms with Gasteiger partial charge in [0.1, 0.15) is 5.69 Å². The van der Waals surface area contributed by atoms with Crippen LogP contribution in [0.1, 0.15) is 30.0 Å². The monoisotopic (exact) mass is 329 g/mol. The zero-order valence-corrected chi connectivity index (χ0v) is 14.5. The first-order valence-corrected chi connectivity index (χ1v) is 8.10. The molecule has 1 amide bonds. The minimum Gasteiger partial charge on any atom is -0.372 e. The molecule has 1 aliphatic heterocycles. The second kappa shape index (κ2) is 6.60. The molecule has 128 valence electrons. The van der Waals surface area contributed by atoms with Crippen LogP contribution in [0.4, 0.5) is 11.4 Å². The first kappa shape index (κ1) is 16.4. The normalized spacial score (nSPS) is 20.9. The minimum absolute atomic E-state index is 0.164. The molecule has 24 heavy (non-hydrogen) atoms. The van der Waals surface area contributed by atoms with E-state index in [4.69, 9.17) is 4.74 Å². The molecule has 3 rings (SSSR count). The highest BCUT2D eigenvalue weighted by Gasteiger charge is 2.23. The van der Waals surface area contributed by atoms with Crippen molar-refractivity contribution in [2.75, 3.05) is 23.3 Å². The summed E-state index contributed by atoms with van der Waals surface area (Å²) in [5.41, 5.74) is 2.85. The fourth-order valence-corrected chi connectivity index (χ4v) is 3.04. The molecule has 7 heteroatoms. The number of aryl methyl sites for hydroxylation is 2. The van der Waals surface area contributed by atoms with Gasteiger partial charge in [-0.25, -0.2) is 0 Å². The summed E-state index contributed by atoms with van der Waals surface area (Å²) in [6.07, 6.45) is 3.78. The third-order valence-electron chi connectivity index (χ3n) is 4.02. The number of nitrogens with zero attached hydrogens (tertiary/aromatic N) is 4. The lowest BCUT2D eigenvalue weighted by Crippen LogP contribution is -2.45. The number of nitrogens with one attached hydrogen (secondary N) is 1. The summed E-state index contributed by atoms with van der Waals surface area (Å²) in [7, 11) is 1.82. The summed E-state index contributed by atoms with van der Waals surface area (Å²) in [5.74, 6) is -0.234. The number of hydrogen-bond donors (Lipinski definition) is 1. The smallest absolute Gasteiger partial charge is 0.274 e. The van der Waals surface area contributed by atoms with Crippen molar-refractivity contribution >= 4 is 17.3 Å². The van der Waals surface area contributed by atoms with Crippen molar-refractivity contribution in [3.63, 3.8) is 0 Å². The van der Waals surface area contributed by atoms with Crippen molar-refractivity contribution in [3.05, 3.63) is 35.9 Å². The molecule has 2 aromatic rings. The fourth-order valence-electron chi connectivity index (χ4n) is 3.04. The molecular weight excluding hydrogens is 306 g/mol. The average Bonchev–Trinajstić information content (AvgIpc) is 2.84. The average molecular weight is 329 g/mol. The van der Waals surface area contributed by atoms with Crippen LogP contribution in [-0.4, -0.2) is 46.0 Å². The van der Waals surface area contributed by atoms with Crippen LogP contribution in [0.15, 0.2) is 24.5 Å². The maximum absolute atomic E-state index is 12.5. The minimum atomic E-state index is -0.234. The molecule has 0 radical (unpaired) electrons. The lowest BCUT2D eigenvalue weighted by Gasteiger charge is -2.36. The van der Waals surface area contributed by atoms with Crippen LogP contribution in [0, 0.1) is 6.92 Å². The molecule has 7 nitrogen and oxygen atoms in total. The lowest BCUT2D eigenvalue weighted by molar-refractivity contribution is -0.00522. The molecule has 2 unspecified atom stereocenters. The zero-order chi connectivity index (χ0) is 17.3. The van der Waals surface area contributed by atoms with Gasteiger partial charge in [-0.15, -0.1) is 0 Å². The molecule has 0 spiro atoms. The highest BCUT2D eigenvalue weighted by Crippen LogP contribution is 2.21. The Morgan fingerprint density at radius 2 is 2.04 bits per heavy atom. The van der Waals surface area contributed by atoms with E-state index >= 15 is 0 Å². The summed E-state index contributed by atoms with van der Waals surface area (Å²) in [6.45, 7) is 7.58. The predicted molar refractivity (Wildman–Crippen MR) is 92.4 cm³/mol. The Kier molecular flexibility index (Phi) is 4.53. The SMILES string of the molecule is Cc1nn(C)cc1NC(=O)c1cc(N2CC(C)OC(C)C2)ccn1. The second-order valence-electron chi connectivity index (χ2n) is 6.32. The van der Waals surface area contributed by atoms with Crippen molar-refractivity contribution in [1.29, 1.82) is 0 Å². The summed E-state index contributed by atoms with van der Waals surface area (Å²) >= 11 is 0. The number of aromatic nitrogens is 3. The molecule has 2 atom stereocenters. The number of pyridine rings is 1. The Morgan fingerprint density at radius 3 is 2.67 bits per heavy atom. The van der Waals surface area contributed by atoms with Crippen LogP contribution >= 0.6 is 0 Å². The second-order valence-corrected chi connectivity index (χ2v) is 6.32. The highest BCUT2D eigenvalue weighted by molar-refractivity contribution is 6.03. The van der Waals surface area contributed by atoms with Crippen molar-refractivity contribution in [2.45, 2.75) is 33.0 Å². The van der Waals surface area contributed by atoms with Gasteiger partial charge in [0.25, 0.3) is 5.91 Å². The maximum Gasteiger partial charge on any atom is 0.274 e. The largest absolute Gasteiger partial charge is 0.372 e. The highest BCUT2D eigenvalue weighted by atomic mass is 16.5. The van der Waals surface area contributed by atoms with Crippen molar-refractivity contribution < 1.29 is 9.53 Å². The Hall–Kier alpha value is -2.41. The van der Waals surface area contributed by atoms with Gasteiger partial charge in [0.15, 0.2) is 0 Å². The fraction of sp³-hybridized carbons (Fsp3) is 0.471. The van der Waals surface area contributed by atoms with Crippen molar-refractivity contribution in [2.24, 2.45) is 7.05 Å². The predicted octanol–water partition coefficient (Wildman–Crippen LogP) is 1.99. The van der Waals surface area contributed by atoms with E-state index in [1.54, 1.807) is 17.1 Å². The molecule has 1 saturated heterocycles. The van der Waals surface area contributed by atoms with Gasteiger partial charge < -0.3 is 15.0 Å². The molecule has 1 N–H and O–H groups in total. The Morgan fingerprint density at radius 1 is 1.33 bits per heavy atom. The van der Waals surface area contributed by atoms with Gasteiger partial charge in [-0.05, 0) is 32.9 Å². The maximum atomic E-state index is 12.5. The number of anilines is 2. The van der Waals surface area contributed by atoms with Crippen LogP contribution in [0.3, 0.4) is 0 Å². The molecule has 2 aromatic heterocycles. The third kappa shape index (κ3) is 3.56. The first-order chi connectivity index (χ1) is 11.4. The third-order valence-corrected chi connectivity index (χ3v) is 4.02. The Bertz CT molecular complexity index is 732. The molecule has 1 fully saturated rings. The van der Waals surface area contributed by atoms with Gasteiger partial charge in [0.2, 0.25) is 0 Å². The number of carbonyl (C=O) groups excluding carboxylic acids is 1. The van der Waals surface area contributed by atoms with E-state index in [9.17, 15) is 4.79 Å². The van der Waals surface area contributed by atoms with E-state index in [1.165, 1.54) is 0 Å². The molecule has 0 aliphatic carbocycles. The molecule has 3 heterocycles. The van der Waals surface area contributed by atoms with Gasteiger partial charge in [0.05, 0.1) is 23.6 Å². The first-order valence-electron chi connectivity index (χ1n) is 8.10. The van der Waals surface area contributed by atoms with E-state index < -0.39 is 0 Å². The zero-order valence-electron chi connectivity index (χ0n) is 14.5. The van der Waals surface area contributed by atoms with Gasteiger partial charge >= 0.3 is 0 Å². The van der Waals surface area contributed by atoms with Crippen LogP contribution in [0.5, 0.6) is 0 Å².